The SMILES string of the molecule is CCC(Sc1cccc(NC(=O)c2ccco2)c1)C(=O)Nc1ccc(-c2nc3ccccc3o2)cc1. The van der Waals surface area contributed by atoms with E-state index in [1.165, 1.54) is 18.0 Å². The fraction of sp³-hybridized carbons (Fsp3) is 0.107. The first-order chi connectivity index (χ1) is 17.6. The Bertz CT molecular complexity index is 1460. The van der Waals surface area contributed by atoms with Gasteiger partial charge in [-0.25, -0.2) is 4.98 Å². The third-order valence-corrected chi connectivity index (χ3v) is 6.83. The maximum Gasteiger partial charge on any atom is 0.291 e. The lowest BCUT2D eigenvalue weighted by atomic mass is 10.2. The number of oxazole rings is 1. The molecule has 7 nitrogen and oxygen atoms in total. The number of benzene rings is 3. The molecule has 0 spiro atoms. The van der Waals surface area contributed by atoms with Crippen molar-refractivity contribution < 1.29 is 18.4 Å². The Morgan fingerprint density at radius 2 is 1.75 bits per heavy atom. The van der Waals surface area contributed by atoms with Crippen LogP contribution in [0.15, 0.2) is 105 Å². The number of nitrogens with one attached hydrogen (secondary N) is 2. The van der Waals surface area contributed by atoms with Gasteiger partial charge in [0.25, 0.3) is 5.91 Å². The number of nitrogens with zero attached hydrogens (tertiary/aromatic N) is 1. The van der Waals surface area contributed by atoms with E-state index < -0.39 is 0 Å². The Labute approximate surface area is 211 Å². The van der Waals surface area contributed by atoms with Crippen molar-refractivity contribution in [2.75, 3.05) is 10.6 Å². The topological polar surface area (TPSA) is 97.4 Å². The van der Waals surface area contributed by atoms with Crippen LogP contribution in [0.3, 0.4) is 0 Å². The van der Waals surface area contributed by atoms with Crippen molar-refractivity contribution in [2.24, 2.45) is 0 Å². The summed E-state index contributed by atoms with van der Waals surface area (Å²) in [7, 11) is 0. The number of para-hydroxylation sites is 2. The second kappa shape index (κ2) is 10.5. The van der Waals surface area contributed by atoms with Crippen LogP contribution in [0.4, 0.5) is 11.4 Å². The lowest BCUT2D eigenvalue weighted by Gasteiger charge is -2.15. The summed E-state index contributed by atoms with van der Waals surface area (Å²) < 4.78 is 11.0. The smallest absolute Gasteiger partial charge is 0.291 e. The molecule has 2 amide bonds. The highest BCUT2D eigenvalue weighted by molar-refractivity contribution is 8.00. The van der Waals surface area contributed by atoms with Gasteiger partial charge in [0, 0.05) is 21.8 Å². The molecule has 2 heterocycles. The van der Waals surface area contributed by atoms with Crippen molar-refractivity contribution in [3.05, 3.63) is 97.0 Å². The number of aromatic nitrogens is 1. The van der Waals surface area contributed by atoms with E-state index in [0.717, 1.165) is 21.6 Å². The monoisotopic (exact) mass is 497 g/mol. The molecule has 180 valence electrons. The minimum absolute atomic E-state index is 0.0952. The van der Waals surface area contributed by atoms with Crippen molar-refractivity contribution >= 4 is 46.1 Å². The Balaban J connectivity index is 1.22. The molecule has 1 atom stereocenters. The lowest BCUT2D eigenvalue weighted by Crippen LogP contribution is -2.24. The zero-order valence-corrected chi connectivity index (χ0v) is 20.2. The number of rotatable bonds is 8. The fourth-order valence-corrected chi connectivity index (χ4v) is 4.66. The number of hydrogen-bond donors (Lipinski definition) is 2. The van der Waals surface area contributed by atoms with Crippen LogP contribution in [0.5, 0.6) is 0 Å². The van der Waals surface area contributed by atoms with Crippen molar-refractivity contribution in [2.45, 2.75) is 23.5 Å². The summed E-state index contributed by atoms with van der Waals surface area (Å²) in [5, 5.41) is 5.50. The van der Waals surface area contributed by atoms with E-state index in [1.54, 1.807) is 18.2 Å². The van der Waals surface area contributed by atoms with Crippen LogP contribution in [0.25, 0.3) is 22.6 Å². The number of furan rings is 1. The highest BCUT2D eigenvalue weighted by atomic mass is 32.2. The number of amides is 2. The molecule has 2 aromatic heterocycles. The van der Waals surface area contributed by atoms with Crippen LogP contribution in [0.2, 0.25) is 0 Å². The van der Waals surface area contributed by atoms with Gasteiger partial charge in [0.15, 0.2) is 11.3 Å². The van der Waals surface area contributed by atoms with Crippen molar-refractivity contribution in [1.29, 1.82) is 0 Å². The molecule has 0 bridgehead atoms. The highest BCUT2D eigenvalue weighted by Gasteiger charge is 2.19. The summed E-state index contributed by atoms with van der Waals surface area (Å²) in [4.78, 5) is 30.6. The van der Waals surface area contributed by atoms with E-state index in [0.29, 0.717) is 23.7 Å². The predicted molar refractivity (Wildman–Crippen MR) is 141 cm³/mol. The van der Waals surface area contributed by atoms with Gasteiger partial charge in [0.1, 0.15) is 5.52 Å². The zero-order chi connectivity index (χ0) is 24.9. The Morgan fingerprint density at radius 3 is 2.50 bits per heavy atom. The third kappa shape index (κ3) is 5.34. The van der Waals surface area contributed by atoms with Gasteiger partial charge < -0.3 is 19.5 Å². The molecule has 2 N–H and O–H groups in total. The molecule has 5 aromatic rings. The molecular weight excluding hydrogens is 474 g/mol. The van der Waals surface area contributed by atoms with Crippen molar-refractivity contribution in [3.8, 4) is 11.5 Å². The largest absolute Gasteiger partial charge is 0.459 e. The summed E-state index contributed by atoms with van der Waals surface area (Å²) in [5.74, 6) is 0.353. The van der Waals surface area contributed by atoms with Gasteiger partial charge in [-0.1, -0.05) is 25.1 Å². The van der Waals surface area contributed by atoms with Gasteiger partial charge in [-0.2, -0.15) is 0 Å². The average Bonchev–Trinajstić information content (AvgIpc) is 3.58. The predicted octanol–water partition coefficient (Wildman–Crippen LogP) is 6.85. The summed E-state index contributed by atoms with van der Waals surface area (Å²) >= 11 is 1.45. The molecular formula is C28H23N3O4S. The molecule has 0 aliphatic rings. The standard InChI is InChI=1S/C28H23N3O4S/c1-2-25(36-21-8-5-7-20(17-21)30-26(32)24-11-6-16-34-24)27(33)29-19-14-12-18(13-15-19)28-31-22-9-3-4-10-23(22)35-28/h3-17,25H,2H2,1H3,(H,29,33)(H,30,32). The van der Waals surface area contributed by atoms with Gasteiger partial charge >= 0.3 is 0 Å². The lowest BCUT2D eigenvalue weighted by molar-refractivity contribution is -0.115. The van der Waals surface area contributed by atoms with Gasteiger partial charge in [-0.05, 0) is 73.2 Å². The second-order valence-corrected chi connectivity index (χ2v) is 9.30. The van der Waals surface area contributed by atoms with Crippen molar-refractivity contribution in [3.63, 3.8) is 0 Å². The highest BCUT2D eigenvalue weighted by Crippen LogP contribution is 2.29. The summed E-state index contributed by atoms with van der Waals surface area (Å²) in [6, 6.07) is 25.7. The first-order valence-corrected chi connectivity index (χ1v) is 12.4. The zero-order valence-electron chi connectivity index (χ0n) is 19.4. The van der Waals surface area contributed by atoms with Crippen LogP contribution in [0.1, 0.15) is 23.9 Å². The summed E-state index contributed by atoms with van der Waals surface area (Å²) in [6.45, 7) is 1.97. The third-order valence-electron chi connectivity index (χ3n) is 5.47. The number of anilines is 2. The number of fused-ring (bicyclic) bond motifs is 1. The van der Waals surface area contributed by atoms with Gasteiger partial charge in [0.05, 0.1) is 11.5 Å². The maximum absolute atomic E-state index is 13.0. The molecule has 3 aromatic carbocycles. The van der Waals surface area contributed by atoms with Crippen LogP contribution < -0.4 is 10.6 Å². The molecule has 36 heavy (non-hydrogen) atoms. The van der Waals surface area contributed by atoms with E-state index in [9.17, 15) is 9.59 Å². The minimum atomic E-state index is -0.326. The molecule has 0 radical (unpaired) electrons. The van der Waals surface area contributed by atoms with E-state index in [-0.39, 0.29) is 22.8 Å². The number of thioether (sulfide) groups is 1. The Kier molecular flexibility index (Phi) is 6.86. The number of carbonyl (C=O) groups excluding carboxylic acids is 2. The first kappa shape index (κ1) is 23.4. The second-order valence-electron chi connectivity index (χ2n) is 8.03. The maximum atomic E-state index is 13.0. The quantitative estimate of drug-likeness (QED) is 0.228. The molecule has 0 saturated carbocycles. The summed E-state index contributed by atoms with van der Waals surface area (Å²) in [6.07, 6.45) is 2.09. The number of carbonyl (C=O) groups is 2. The van der Waals surface area contributed by atoms with Gasteiger partial charge in [0.2, 0.25) is 11.8 Å². The number of hydrogen-bond acceptors (Lipinski definition) is 6. The van der Waals surface area contributed by atoms with Gasteiger partial charge in [-0.3, -0.25) is 9.59 Å². The van der Waals surface area contributed by atoms with E-state index in [4.69, 9.17) is 8.83 Å². The molecule has 0 saturated heterocycles. The molecule has 0 fully saturated rings. The molecule has 5 rings (SSSR count). The average molecular weight is 498 g/mol. The van der Waals surface area contributed by atoms with Crippen LogP contribution >= 0.6 is 11.8 Å². The molecule has 8 heteroatoms. The van der Waals surface area contributed by atoms with Crippen LogP contribution in [0, 0.1) is 0 Å². The Hall–Kier alpha value is -4.30. The molecule has 0 aliphatic heterocycles. The van der Waals surface area contributed by atoms with Crippen LogP contribution in [-0.2, 0) is 4.79 Å². The normalized spacial score (nSPS) is 11.8. The Morgan fingerprint density at radius 1 is 0.917 bits per heavy atom. The van der Waals surface area contributed by atoms with Crippen LogP contribution in [-0.4, -0.2) is 22.0 Å². The van der Waals surface area contributed by atoms with Gasteiger partial charge in [-0.15, -0.1) is 11.8 Å². The van der Waals surface area contributed by atoms with E-state index in [1.807, 2.05) is 73.7 Å². The fourth-order valence-electron chi connectivity index (χ4n) is 3.65. The van der Waals surface area contributed by atoms with Crippen molar-refractivity contribution in [1.82, 2.24) is 4.98 Å². The first-order valence-electron chi connectivity index (χ1n) is 11.5. The minimum Gasteiger partial charge on any atom is -0.459 e. The summed E-state index contributed by atoms with van der Waals surface area (Å²) in [5.41, 5.74) is 3.69. The van der Waals surface area contributed by atoms with E-state index in [2.05, 4.69) is 15.6 Å². The van der Waals surface area contributed by atoms with E-state index >= 15 is 0 Å². The molecule has 0 aliphatic carbocycles. The molecule has 1 unspecified atom stereocenters.